The summed E-state index contributed by atoms with van der Waals surface area (Å²) in [6.45, 7) is 2.34. The molecular formula is C20H23NO3S2. The van der Waals surface area contributed by atoms with E-state index >= 15 is 0 Å². The lowest BCUT2D eigenvalue weighted by atomic mass is 9.82. The van der Waals surface area contributed by atoms with Crippen molar-refractivity contribution >= 4 is 29.0 Å². The highest BCUT2D eigenvalue weighted by molar-refractivity contribution is 8.00. The average molecular weight is 390 g/mol. The number of hydrogen-bond donors (Lipinski definition) is 0. The van der Waals surface area contributed by atoms with Crippen molar-refractivity contribution in [2.45, 2.75) is 29.8 Å². The predicted molar refractivity (Wildman–Crippen MR) is 105 cm³/mol. The van der Waals surface area contributed by atoms with Crippen LogP contribution in [0.1, 0.15) is 23.3 Å². The third-order valence-electron chi connectivity index (χ3n) is 5.27. The largest absolute Gasteiger partial charge is 0.497 e. The van der Waals surface area contributed by atoms with Crippen molar-refractivity contribution in [2.24, 2.45) is 0 Å². The van der Waals surface area contributed by atoms with Gasteiger partial charge in [-0.05, 0) is 48.1 Å². The molecule has 2 aliphatic rings. The number of thiophene rings is 1. The average Bonchev–Trinajstić information content (AvgIpc) is 3.17. The summed E-state index contributed by atoms with van der Waals surface area (Å²) in [5, 5.41) is 2.17. The van der Waals surface area contributed by atoms with Crippen LogP contribution in [-0.2, 0) is 21.6 Å². The van der Waals surface area contributed by atoms with E-state index in [9.17, 15) is 4.79 Å². The van der Waals surface area contributed by atoms with Crippen LogP contribution in [0.3, 0.4) is 0 Å². The minimum Gasteiger partial charge on any atom is -0.497 e. The monoisotopic (exact) mass is 389 g/mol. The minimum absolute atomic E-state index is 0.162. The Morgan fingerprint density at radius 2 is 2.19 bits per heavy atom. The first-order valence-corrected chi connectivity index (χ1v) is 10.8. The summed E-state index contributed by atoms with van der Waals surface area (Å²) in [6, 6.07) is 10.1. The molecule has 0 aliphatic carbocycles. The Morgan fingerprint density at radius 3 is 3.00 bits per heavy atom. The number of benzene rings is 1. The molecule has 0 unspecified atom stereocenters. The Morgan fingerprint density at radius 1 is 1.35 bits per heavy atom. The van der Waals surface area contributed by atoms with Gasteiger partial charge in [-0.15, -0.1) is 23.1 Å². The lowest BCUT2D eigenvalue weighted by Gasteiger charge is -2.44. The number of fused-ring (bicyclic) bond motifs is 2. The third kappa shape index (κ3) is 3.50. The van der Waals surface area contributed by atoms with Crippen molar-refractivity contribution in [1.29, 1.82) is 0 Å². The van der Waals surface area contributed by atoms with Gasteiger partial charge in [0.15, 0.2) is 0 Å². The summed E-state index contributed by atoms with van der Waals surface area (Å²) in [4.78, 5) is 17.1. The Balaban J connectivity index is 1.34. The first kappa shape index (κ1) is 17.9. The number of hydrogen-bond acceptors (Lipinski definition) is 5. The van der Waals surface area contributed by atoms with E-state index in [0.717, 1.165) is 49.6 Å². The Kier molecular flexibility index (Phi) is 5.25. The van der Waals surface area contributed by atoms with E-state index in [2.05, 4.69) is 11.4 Å². The van der Waals surface area contributed by atoms with Crippen LogP contribution >= 0.6 is 23.1 Å². The fourth-order valence-electron chi connectivity index (χ4n) is 3.82. The van der Waals surface area contributed by atoms with Gasteiger partial charge in [-0.25, -0.2) is 0 Å². The van der Waals surface area contributed by atoms with E-state index in [1.807, 2.05) is 40.5 Å². The number of nitrogens with zero attached hydrogens (tertiary/aromatic N) is 1. The molecule has 4 nitrogen and oxygen atoms in total. The van der Waals surface area contributed by atoms with Crippen molar-refractivity contribution in [3.05, 3.63) is 46.2 Å². The second-order valence-electron chi connectivity index (χ2n) is 6.70. The molecule has 1 amide bonds. The highest BCUT2D eigenvalue weighted by atomic mass is 32.2. The van der Waals surface area contributed by atoms with Crippen LogP contribution in [0.25, 0.3) is 0 Å². The predicted octanol–water partition coefficient (Wildman–Crippen LogP) is 3.94. The SMILES string of the molecule is COc1cccc(SCC(=O)N2CCC3(CC2)OCCc2sccc23)c1. The number of piperidine rings is 1. The Hall–Kier alpha value is -1.50. The maximum absolute atomic E-state index is 12.6. The number of likely N-dealkylation sites (tertiary alicyclic amines) is 1. The molecule has 1 spiro atoms. The molecule has 0 N–H and O–H groups in total. The normalized spacial score (nSPS) is 18.6. The minimum atomic E-state index is -0.162. The Labute approximate surface area is 162 Å². The quantitative estimate of drug-likeness (QED) is 0.743. The standard InChI is InChI=1S/C20H23NO3S2/c1-23-15-3-2-4-16(13-15)26-14-19(22)21-9-7-20(8-10-21)17-6-12-25-18(17)5-11-24-20/h2-4,6,12-13H,5,7-11,14H2,1H3. The van der Waals surface area contributed by atoms with Crippen LogP contribution < -0.4 is 4.74 Å². The molecule has 4 rings (SSSR count). The van der Waals surface area contributed by atoms with E-state index in [1.165, 1.54) is 10.4 Å². The molecular weight excluding hydrogens is 366 g/mol. The molecule has 0 bridgehead atoms. The molecule has 0 atom stereocenters. The maximum Gasteiger partial charge on any atom is 0.232 e. The van der Waals surface area contributed by atoms with Crippen molar-refractivity contribution in [3.8, 4) is 5.75 Å². The molecule has 0 saturated carbocycles. The van der Waals surface area contributed by atoms with E-state index in [-0.39, 0.29) is 11.5 Å². The van der Waals surface area contributed by atoms with Crippen LogP contribution in [0.4, 0.5) is 0 Å². The molecule has 1 aromatic heterocycles. The molecule has 1 aromatic carbocycles. The van der Waals surface area contributed by atoms with Gasteiger partial charge in [-0.3, -0.25) is 4.79 Å². The molecule has 2 aromatic rings. The van der Waals surface area contributed by atoms with Crippen LogP contribution in [0.5, 0.6) is 5.75 Å². The van der Waals surface area contributed by atoms with Gasteiger partial charge >= 0.3 is 0 Å². The number of rotatable bonds is 4. The van der Waals surface area contributed by atoms with Crippen LogP contribution in [0.15, 0.2) is 40.6 Å². The molecule has 1 saturated heterocycles. The maximum atomic E-state index is 12.6. The van der Waals surface area contributed by atoms with Gasteiger partial charge in [0.2, 0.25) is 5.91 Å². The fourth-order valence-corrected chi connectivity index (χ4v) is 5.61. The highest BCUT2D eigenvalue weighted by Crippen LogP contribution is 2.43. The van der Waals surface area contributed by atoms with Crippen molar-refractivity contribution in [1.82, 2.24) is 4.90 Å². The summed E-state index contributed by atoms with van der Waals surface area (Å²) < 4.78 is 11.5. The lowest BCUT2D eigenvalue weighted by Crippen LogP contribution is -2.48. The van der Waals surface area contributed by atoms with Gasteiger partial charge in [0, 0.05) is 29.3 Å². The summed E-state index contributed by atoms with van der Waals surface area (Å²) in [5.41, 5.74) is 1.20. The molecule has 26 heavy (non-hydrogen) atoms. The van der Waals surface area contributed by atoms with E-state index in [1.54, 1.807) is 18.9 Å². The first-order valence-electron chi connectivity index (χ1n) is 8.96. The molecule has 3 heterocycles. The second-order valence-corrected chi connectivity index (χ2v) is 8.75. The van der Waals surface area contributed by atoms with Gasteiger partial charge < -0.3 is 14.4 Å². The number of carbonyl (C=O) groups excluding carboxylic acids is 1. The zero-order chi connectivity index (χ0) is 18.0. The van der Waals surface area contributed by atoms with E-state index < -0.39 is 0 Å². The van der Waals surface area contributed by atoms with Gasteiger partial charge in [0.05, 0.1) is 25.1 Å². The van der Waals surface area contributed by atoms with Gasteiger partial charge in [0.1, 0.15) is 5.75 Å². The van der Waals surface area contributed by atoms with Crippen LogP contribution in [0.2, 0.25) is 0 Å². The van der Waals surface area contributed by atoms with Crippen molar-refractivity contribution < 1.29 is 14.3 Å². The van der Waals surface area contributed by atoms with Crippen molar-refractivity contribution in [2.75, 3.05) is 32.6 Å². The highest BCUT2D eigenvalue weighted by Gasteiger charge is 2.42. The molecule has 138 valence electrons. The topological polar surface area (TPSA) is 38.8 Å². The molecule has 2 aliphatic heterocycles. The smallest absolute Gasteiger partial charge is 0.232 e. The van der Waals surface area contributed by atoms with Gasteiger partial charge in [-0.1, -0.05) is 6.07 Å². The number of ether oxygens (including phenoxy) is 2. The molecule has 6 heteroatoms. The van der Waals surface area contributed by atoms with Crippen LogP contribution in [-0.4, -0.2) is 43.4 Å². The van der Waals surface area contributed by atoms with Gasteiger partial charge in [0.25, 0.3) is 0 Å². The lowest BCUT2D eigenvalue weighted by molar-refractivity contribution is -0.138. The number of thioether (sulfide) groups is 1. The van der Waals surface area contributed by atoms with Crippen molar-refractivity contribution in [3.63, 3.8) is 0 Å². The Bertz CT molecular complexity index is 781. The summed E-state index contributed by atoms with van der Waals surface area (Å²) in [7, 11) is 1.66. The summed E-state index contributed by atoms with van der Waals surface area (Å²) in [6.07, 6.45) is 2.81. The first-order chi connectivity index (χ1) is 12.7. The third-order valence-corrected chi connectivity index (χ3v) is 7.23. The number of amides is 1. The van der Waals surface area contributed by atoms with Gasteiger partial charge in [-0.2, -0.15) is 0 Å². The van der Waals surface area contributed by atoms with E-state index in [0.29, 0.717) is 5.75 Å². The second kappa shape index (κ2) is 7.62. The number of methoxy groups -OCH3 is 1. The molecule has 1 fully saturated rings. The van der Waals surface area contributed by atoms with E-state index in [4.69, 9.17) is 9.47 Å². The fraction of sp³-hybridized carbons (Fsp3) is 0.450. The summed E-state index contributed by atoms with van der Waals surface area (Å²) in [5.74, 6) is 1.49. The summed E-state index contributed by atoms with van der Waals surface area (Å²) >= 11 is 3.40. The zero-order valence-corrected chi connectivity index (χ0v) is 16.5. The molecule has 0 radical (unpaired) electrons. The zero-order valence-electron chi connectivity index (χ0n) is 14.9. The number of carbonyl (C=O) groups is 1. The van der Waals surface area contributed by atoms with Crippen LogP contribution in [0, 0.1) is 0 Å².